The van der Waals surface area contributed by atoms with Crippen LogP contribution < -0.4 is 15.4 Å². The molecule has 0 bridgehead atoms. The van der Waals surface area contributed by atoms with E-state index in [9.17, 15) is 4.39 Å². The van der Waals surface area contributed by atoms with Gasteiger partial charge < -0.3 is 14.3 Å². The van der Waals surface area contributed by atoms with Crippen LogP contribution in [0.3, 0.4) is 0 Å². The first-order valence-electron chi connectivity index (χ1n) is 4.56. The summed E-state index contributed by atoms with van der Waals surface area (Å²) < 4.78 is 24.3. The van der Waals surface area contributed by atoms with E-state index in [1.165, 1.54) is 20.3 Å². The van der Waals surface area contributed by atoms with E-state index in [0.29, 0.717) is 28.0 Å². The number of hydrogen-bond donors (Lipinski definition) is 1. The molecule has 1 rings (SSSR count). The van der Waals surface area contributed by atoms with Gasteiger partial charge in [0.2, 0.25) is 0 Å². The maximum Gasteiger partial charge on any atom is 0.166 e. The Morgan fingerprint density at radius 3 is 2.56 bits per heavy atom. The average molecular weight is 294 g/mol. The first kappa shape index (κ1) is 13.2. The lowest BCUT2D eigenvalue weighted by molar-refractivity contribution is 0.140. The first-order valence-corrected chi connectivity index (χ1v) is 5.35. The van der Waals surface area contributed by atoms with E-state index in [2.05, 4.69) is 20.8 Å². The Balaban J connectivity index is 3.23. The van der Waals surface area contributed by atoms with E-state index >= 15 is 0 Å². The third-order valence-corrected chi connectivity index (χ3v) is 2.70. The van der Waals surface area contributed by atoms with Gasteiger partial charge in [-0.3, -0.25) is 0 Å². The average Bonchev–Trinajstić information content (AvgIpc) is 2.30. The number of halogens is 2. The van der Waals surface area contributed by atoms with Crippen LogP contribution in [0.1, 0.15) is 5.56 Å². The van der Waals surface area contributed by atoms with E-state index in [1.807, 2.05) is 0 Å². The molecule has 0 heterocycles. The molecule has 0 saturated carbocycles. The molecule has 1 aromatic carbocycles. The molecule has 0 aliphatic rings. The van der Waals surface area contributed by atoms with Crippen LogP contribution in [-0.2, 0) is 11.3 Å². The van der Waals surface area contributed by atoms with Crippen LogP contribution in [0.4, 0.5) is 4.39 Å². The highest BCUT2D eigenvalue weighted by molar-refractivity contribution is 9.10. The summed E-state index contributed by atoms with van der Waals surface area (Å²) in [5, 5.41) is 0. The summed E-state index contributed by atoms with van der Waals surface area (Å²) in [5.41, 5.74) is 0.374. The number of nitrogens with two attached hydrogens (primary N) is 1. The van der Waals surface area contributed by atoms with Crippen molar-refractivity contribution in [1.82, 2.24) is 0 Å². The number of rotatable bonds is 5. The topological polar surface area (TPSA) is 53.7 Å². The first-order chi connectivity index (χ1) is 7.65. The standard InChI is InChI=1S/C10H13BrFNO3/c1-14-8-5-7(11)9(12)6(3-4-16-13)10(8)15-2/h5H,3-4,13H2,1-2H3. The summed E-state index contributed by atoms with van der Waals surface area (Å²) >= 11 is 3.11. The van der Waals surface area contributed by atoms with E-state index < -0.39 is 5.82 Å². The summed E-state index contributed by atoms with van der Waals surface area (Å²) in [6, 6.07) is 1.51. The second-order valence-electron chi connectivity index (χ2n) is 3.01. The summed E-state index contributed by atoms with van der Waals surface area (Å²) in [7, 11) is 2.95. The van der Waals surface area contributed by atoms with Crippen molar-refractivity contribution in [2.45, 2.75) is 6.42 Å². The molecule has 0 fully saturated rings. The lowest BCUT2D eigenvalue weighted by Gasteiger charge is -2.14. The molecule has 1 aromatic rings. The third kappa shape index (κ3) is 2.63. The highest BCUT2D eigenvalue weighted by Crippen LogP contribution is 2.37. The Morgan fingerprint density at radius 2 is 2.06 bits per heavy atom. The van der Waals surface area contributed by atoms with Crippen molar-refractivity contribution in [2.75, 3.05) is 20.8 Å². The number of methoxy groups -OCH3 is 2. The van der Waals surface area contributed by atoms with Gasteiger partial charge in [-0.2, -0.15) is 0 Å². The zero-order valence-electron chi connectivity index (χ0n) is 9.05. The van der Waals surface area contributed by atoms with E-state index in [-0.39, 0.29) is 6.61 Å². The van der Waals surface area contributed by atoms with Gasteiger partial charge >= 0.3 is 0 Å². The molecule has 0 aliphatic heterocycles. The fourth-order valence-electron chi connectivity index (χ4n) is 1.40. The smallest absolute Gasteiger partial charge is 0.166 e. The van der Waals surface area contributed by atoms with Gasteiger partial charge in [-0.25, -0.2) is 10.3 Å². The Hall–Kier alpha value is -0.850. The summed E-state index contributed by atoms with van der Waals surface area (Å²) in [4.78, 5) is 4.44. The Kier molecular flexibility index (Phi) is 4.98. The fraction of sp³-hybridized carbons (Fsp3) is 0.400. The number of ether oxygens (including phenoxy) is 2. The Labute approximate surface area is 102 Å². The Morgan fingerprint density at radius 1 is 1.38 bits per heavy atom. The normalized spacial score (nSPS) is 10.3. The minimum Gasteiger partial charge on any atom is -0.493 e. The van der Waals surface area contributed by atoms with Crippen LogP contribution in [0.5, 0.6) is 11.5 Å². The molecule has 0 radical (unpaired) electrons. The molecule has 0 spiro atoms. The molecule has 2 N–H and O–H groups in total. The molecule has 4 nitrogen and oxygen atoms in total. The SMILES string of the molecule is COc1cc(Br)c(F)c(CCON)c1OC. The van der Waals surface area contributed by atoms with Gasteiger partial charge in [0.1, 0.15) is 5.82 Å². The summed E-state index contributed by atoms with van der Waals surface area (Å²) in [6.45, 7) is 0.201. The highest BCUT2D eigenvalue weighted by atomic mass is 79.9. The van der Waals surface area contributed by atoms with Gasteiger partial charge in [0.25, 0.3) is 0 Å². The van der Waals surface area contributed by atoms with E-state index in [4.69, 9.17) is 15.4 Å². The van der Waals surface area contributed by atoms with Crippen molar-refractivity contribution >= 4 is 15.9 Å². The predicted molar refractivity (Wildman–Crippen MR) is 61.0 cm³/mol. The number of hydrogen-bond acceptors (Lipinski definition) is 4. The van der Waals surface area contributed by atoms with Gasteiger partial charge in [0.15, 0.2) is 11.5 Å². The van der Waals surface area contributed by atoms with Crippen molar-refractivity contribution in [3.63, 3.8) is 0 Å². The monoisotopic (exact) mass is 293 g/mol. The van der Waals surface area contributed by atoms with Gasteiger partial charge in [0, 0.05) is 18.1 Å². The molecular weight excluding hydrogens is 281 g/mol. The van der Waals surface area contributed by atoms with Crippen LogP contribution in [0.25, 0.3) is 0 Å². The summed E-state index contributed by atoms with van der Waals surface area (Å²) in [6.07, 6.45) is 0.307. The van der Waals surface area contributed by atoms with E-state index in [1.54, 1.807) is 0 Å². The zero-order chi connectivity index (χ0) is 12.1. The maximum atomic E-state index is 13.8. The number of benzene rings is 1. The highest BCUT2D eigenvalue weighted by Gasteiger charge is 2.18. The molecule has 16 heavy (non-hydrogen) atoms. The van der Waals surface area contributed by atoms with E-state index in [0.717, 1.165) is 0 Å². The molecule has 0 saturated heterocycles. The molecule has 6 heteroatoms. The van der Waals surface area contributed by atoms with Crippen molar-refractivity contribution in [3.8, 4) is 11.5 Å². The van der Waals surface area contributed by atoms with Crippen LogP contribution in [0, 0.1) is 5.82 Å². The Bertz CT molecular complexity index is 374. The largest absolute Gasteiger partial charge is 0.493 e. The lowest BCUT2D eigenvalue weighted by atomic mass is 10.1. The van der Waals surface area contributed by atoms with Crippen molar-refractivity contribution < 1.29 is 18.7 Å². The van der Waals surface area contributed by atoms with Crippen LogP contribution in [-0.4, -0.2) is 20.8 Å². The van der Waals surface area contributed by atoms with Crippen molar-refractivity contribution in [3.05, 3.63) is 21.9 Å². The van der Waals surface area contributed by atoms with Crippen LogP contribution in [0.15, 0.2) is 10.5 Å². The maximum absolute atomic E-state index is 13.8. The minimum absolute atomic E-state index is 0.201. The van der Waals surface area contributed by atoms with Crippen LogP contribution >= 0.6 is 15.9 Å². The van der Waals surface area contributed by atoms with Crippen molar-refractivity contribution in [1.29, 1.82) is 0 Å². The minimum atomic E-state index is -0.394. The third-order valence-electron chi connectivity index (χ3n) is 2.12. The molecule has 90 valence electrons. The van der Waals surface area contributed by atoms with Gasteiger partial charge in [-0.1, -0.05) is 0 Å². The molecular formula is C10H13BrFNO3. The zero-order valence-corrected chi connectivity index (χ0v) is 10.6. The molecule has 0 amide bonds. The van der Waals surface area contributed by atoms with Crippen molar-refractivity contribution in [2.24, 2.45) is 5.90 Å². The van der Waals surface area contributed by atoms with Gasteiger partial charge in [0.05, 0.1) is 25.3 Å². The molecule has 0 unspecified atom stereocenters. The fourth-order valence-corrected chi connectivity index (χ4v) is 1.84. The predicted octanol–water partition coefficient (Wildman–Crippen LogP) is 2.04. The second-order valence-corrected chi connectivity index (χ2v) is 3.86. The molecule has 0 aliphatic carbocycles. The lowest BCUT2D eigenvalue weighted by Crippen LogP contribution is -2.07. The van der Waals surface area contributed by atoms with Gasteiger partial charge in [-0.05, 0) is 15.9 Å². The van der Waals surface area contributed by atoms with Gasteiger partial charge in [-0.15, -0.1) is 0 Å². The summed E-state index contributed by atoms with van der Waals surface area (Å²) in [5.74, 6) is 5.35. The van der Waals surface area contributed by atoms with Crippen LogP contribution in [0.2, 0.25) is 0 Å². The molecule has 0 aromatic heterocycles. The molecule has 0 atom stereocenters. The second kappa shape index (κ2) is 6.03. The quantitative estimate of drug-likeness (QED) is 0.844.